The molecule has 0 saturated heterocycles. The third kappa shape index (κ3) is 6.25. The molecule has 4 N–H and O–H groups in total. The van der Waals surface area contributed by atoms with Crippen LogP contribution in [0.1, 0.15) is 26.5 Å². The molecule has 3 heterocycles. The zero-order valence-corrected chi connectivity index (χ0v) is 22.3. The summed E-state index contributed by atoms with van der Waals surface area (Å²) in [4.78, 5) is 56.9. The van der Waals surface area contributed by atoms with Gasteiger partial charge in [0.05, 0.1) is 22.5 Å². The lowest BCUT2D eigenvalue weighted by molar-refractivity contribution is -0.389. The molecule has 0 bridgehead atoms. The minimum absolute atomic E-state index is 0.0379. The van der Waals surface area contributed by atoms with E-state index < -0.39 is 16.7 Å². The maximum Gasteiger partial charge on any atom is 0.363 e. The van der Waals surface area contributed by atoms with Gasteiger partial charge >= 0.3 is 5.82 Å². The van der Waals surface area contributed by atoms with Crippen LogP contribution in [0.4, 0.5) is 17.5 Å². The number of aromatic nitrogens is 3. The van der Waals surface area contributed by atoms with Crippen LogP contribution in [-0.4, -0.2) is 43.6 Å². The highest BCUT2D eigenvalue weighted by Gasteiger charge is 2.18. The summed E-state index contributed by atoms with van der Waals surface area (Å²) in [6.07, 6.45) is 1.42. The predicted molar refractivity (Wildman–Crippen MR) is 155 cm³/mol. The van der Waals surface area contributed by atoms with Gasteiger partial charge in [-0.25, -0.2) is 4.98 Å². The fraction of sp³-hybridized carbons (Fsp3) is 0.107. The molecule has 0 aliphatic heterocycles. The van der Waals surface area contributed by atoms with Gasteiger partial charge in [-0.3, -0.25) is 19.7 Å². The second-order valence-corrected chi connectivity index (χ2v) is 10.0. The number of anilines is 2. The number of nitrogens with two attached hydrogens (primary N) is 1. The van der Waals surface area contributed by atoms with Crippen LogP contribution in [0.15, 0.2) is 79.0 Å². The van der Waals surface area contributed by atoms with E-state index in [0.29, 0.717) is 37.6 Å². The molecule has 2 amide bonds. The Kier molecular flexibility index (Phi) is 7.78. The second-order valence-electron chi connectivity index (χ2n) is 8.93. The van der Waals surface area contributed by atoms with Crippen LogP contribution >= 0.6 is 11.3 Å². The van der Waals surface area contributed by atoms with Crippen molar-refractivity contribution in [2.75, 3.05) is 17.2 Å². The van der Waals surface area contributed by atoms with E-state index in [1.807, 2.05) is 6.07 Å². The highest BCUT2D eigenvalue weighted by molar-refractivity contribution is 7.17. The van der Waals surface area contributed by atoms with Gasteiger partial charge in [-0.05, 0) is 46.3 Å². The summed E-state index contributed by atoms with van der Waals surface area (Å²) in [7, 11) is 0. The maximum atomic E-state index is 13.1. The number of fused-ring (bicyclic) bond motifs is 1. The van der Waals surface area contributed by atoms with Gasteiger partial charge in [0.15, 0.2) is 5.78 Å². The molecule has 3 aromatic heterocycles. The molecule has 2 aromatic carbocycles. The summed E-state index contributed by atoms with van der Waals surface area (Å²) < 4.78 is 1.70. The minimum Gasteiger partial charge on any atom is -0.378 e. The molecule has 0 saturated carbocycles. The van der Waals surface area contributed by atoms with Gasteiger partial charge in [0.2, 0.25) is 11.9 Å². The first kappa shape index (κ1) is 27.1. The van der Waals surface area contributed by atoms with E-state index in [4.69, 9.17) is 5.73 Å². The summed E-state index contributed by atoms with van der Waals surface area (Å²) in [6.45, 7) is 0.289. The molecule has 206 valence electrons. The highest BCUT2D eigenvalue weighted by Crippen LogP contribution is 2.30. The number of thiophene rings is 1. The summed E-state index contributed by atoms with van der Waals surface area (Å²) in [5, 5.41) is 16.8. The molecule has 0 unspecified atom stereocenters. The molecule has 0 fully saturated rings. The van der Waals surface area contributed by atoms with Gasteiger partial charge in [0.25, 0.3) is 5.91 Å². The third-order valence-corrected chi connectivity index (χ3v) is 7.29. The van der Waals surface area contributed by atoms with E-state index in [2.05, 4.69) is 20.6 Å². The number of nitrogens with one attached hydrogen (secondary N) is 2. The van der Waals surface area contributed by atoms with Crippen LogP contribution in [0.3, 0.4) is 0 Å². The Bertz CT molecular complexity index is 1760. The molecular formula is C28H23N7O5S. The van der Waals surface area contributed by atoms with Crippen LogP contribution in [0.25, 0.3) is 21.5 Å². The summed E-state index contributed by atoms with van der Waals surface area (Å²) >= 11 is 1.19. The fourth-order valence-electron chi connectivity index (χ4n) is 4.11. The Balaban J connectivity index is 1.35. The van der Waals surface area contributed by atoms with Crippen molar-refractivity contribution in [3.8, 4) is 10.4 Å². The average molecular weight is 570 g/mol. The number of hydrogen-bond donors (Lipinski definition) is 3. The van der Waals surface area contributed by atoms with E-state index in [1.54, 1.807) is 65.2 Å². The van der Waals surface area contributed by atoms with E-state index >= 15 is 0 Å². The zero-order valence-electron chi connectivity index (χ0n) is 21.4. The zero-order chi connectivity index (χ0) is 28.9. The average Bonchev–Trinajstić information content (AvgIpc) is 3.60. The van der Waals surface area contributed by atoms with Gasteiger partial charge in [0, 0.05) is 40.7 Å². The molecule has 0 aliphatic rings. The number of aryl methyl sites for hydroxylation is 1. The Morgan fingerprint density at radius 2 is 1.83 bits per heavy atom. The monoisotopic (exact) mass is 569 g/mol. The number of benzene rings is 2. The van der Waals surface area contributed by atoms with E-state index in [-0.39, 0.29) is 37.1 Å². The number of rotatable bonds is 11. The Morgan fingerprint density at radius 1 is 1.02 bits per heavy atom. The number of hydrogen-bond acceptors (Lipinski definition) is 9. The second kappa shape index (κ2) is 11.8. The quantitative estimate of drug-likeness (QED) is 0.118. The van der Waals surface area contributed by atoms with Gasteiger partial charge in [-0.15, -0.1) is 11.3 Å². The number of amides is 2. The topological polar surface area (TPSA) is 175 Å². The van der Waals surface area contributed by atoms with Gasteiger partial charge in [-0.1, -0.05) is 30.3 Å². The smallest absolute Gasteiger partial charge is 0.363 e. The molecule has 5 aromatic rings. The number of imidazole rings is 1. The molecule has 0 radical (unpaired) electrons. The van der Waals surface area contributed by atoms with Crippen molar-refractivity contribution in [1.82, 2.24) is 14.5 Å². The number of ketones is 1. The van der Waals surface area contributed by atoms with Crippen molar-refractivity contribution >= 4 is 57.4 Å². The number of nitrogens with zero attached hydrogens (tertiary/aromatic N) is 4. The lowest BCUT2D eigenvalue weighted by Gasteiger charge is -2.09. The first-order chi connectivity index (χ1) is 19.8. The molecule has 41 heavy (non-hydrogen) atoms. The Morgan fingerprint density at radius 3 is 2.54 bits per heavy atom. The van der Waals surface area contributed by atoms with Gasteiger partial charge < -0.3 is 25.7 Å². The summed E-state index contributed by atoms with van der Waals surface area (Å²) in [6, 6.07) is 20.5. The van der Waals surface area contributed by atoms with Crippen LogP contribution in [0, 0.1) is 10.1 Å². The molecule has 5 rings (SSSR count). The standard InChI is InChI=1S/C28H23N7O5S/c29-25(37)12-13-34-21-8-7-19(30-16-22(36)17-4-2-1-3-5-17)14-20(21)32-28(34)33-27(38)24-10-9-23(41-24)18-6-11-26(31-15-18)35(39)40/h1-11,14-15,30H,12-13,16H2,(H2,29,37)(H,32,33,38). The molecule has 0 spiro atoms. The Labute approximate surface area is 237 Å². The van der Waals surface area contributed by atoms with Crippen molar-refractivity contribution < 1.29 is 19.3 Å². The van der Waals surface area contributed by atoms with Crippen LogP contribution in [-0.2, 0) is 11.3 Å². The summed E-state index contributed by atoms with van der Waals surface area (Å²) in [5.41, 5.74) is 8.50. The van der Waals surface area contributed by atoms with E-state index in [0.717, 1.165) is 0 Å². The molecular weight excluding hydrogens is 546 g/mol. The van der Waals surface area contributed by atoms with Crippen LogP contribution in [0.5, 0.6) is 0 Å². The van der Waals surface area contributed by atoms with E-state index in [1.165, 1.54) is 23.6 Å². The van der Waals surface area contributed by atoms with Crippen LogP contribution in [0.2, 0.25) is 0 Å². The van der Waals surface area contributed by atoms with Crippen LogP contribution < -0.4 is 16.4 Å². The van der Waals surface area contributed by atoms with Gasteiger partial charge in [0.1, 0.15) is 6.20 Å². The lowest BCUT2D eigenvalue weighted by atomic mass is 10.1. The lowest BCUT2D eigenvalue weighted by Crippen LogP contribution is -2.18. The third-order valence-electron chi connectivity index (χ3n) is 6.15. The first-order valence-electron chi connectivity index (χ1n) is 12.4. The van der Waals surface area contributed by atoms with Crippen molar-refractivity contribution in [1.29, 1.82) is 0 Å². The number of Topliss-reactive ketones (excluding diaryl/α,β-unsaturated/α-hetero) is 1. The molecule has 12 nitrogen and oxygen atoms in total. The number of pyridine rings is 1. The highest BCUT2D eigenvalue weighted by atomic mass is 32.1. The normalized spacial score (nSPS) is 10.8. The summed E-state index contributed by atoms with van der Waals surface area (Å²) in [5.74, 6) is -1.01. The first-order valence-corrected chi connectivity index (χ1v) is 13.2. The molecule has 0 aliphatic carbocycles. The number of nitro groups is 1. The van der Waals surface area contributed by atoms with E-state index in [9.17, 15) is 24.5 Å². The number of carbonyl (C=O) groups is 3. The number of primary amides is 1. The molecule has 0 atom stereocenters. The molecule has 13 heteroatoms. The SMILES string of the molecule is NC(=O)CCn1c(NC(=O)c2ccc(-c3ccc([N+](=O)[O-])nc3)s2)nc2cc(NCC(=O)c3ccccc3)ccc21. The number of carbonyl (C=O) groups excluding carboxylic acids is 3. The maximum absolute atomic E-state index is 13.1. The van der Waals surface area contributed by atoms with Crippen molar-refractivity contribution in [3.05, 3.63) is 99.5 Å². The van der Waals surface area contributed by atoms with Crippen molar-refractivity contribution in [2.24, 2.45) is 5.73 Å². The fourth-order valence-corrected chi connectivity index (χ4v) is 5.00. The largest absolute Gasteiger partial charge is 0.378 e. The van der Waals surface area contributed by atoms with Crippen molar-refractivity contribution in [3.63, 3.8) is 0 Å². The van der Waals surface area contributed by atoms with Gasteiger partial charge in [-0.2, -0.15) is 0 Å². The Hall–Kier alpha value is -5.43. The predicted octanol–water partition coefficient (Wildman–Crippen LogP) is 4.49. The minimum atomic E-state index is -0.579. The van der Waals surface area contributed by atoms with Crippen molar-refractivity contribution in [2.45, 2.75) is 13.0 Å².